The van der Waals surface area contributed by atoms with E-state index in [-0.39, 0.29) is 11.9 Å². The van der Waals surface area contributed by atoms with Crippen LogP contribution in [0.1, 0.15) is 31.4 Å². The molecule has 2 aromatic heterocycles. The molecule has 0 aliphatic carbocycles. The van der Waals surface area contributed by atoms with Gasteiger partial charge in [0, 0.05) is 48.9 Å². The minimum Gasteiger partial charge on any atom is -0.404 e. The van der Waals surface area contributed by atoms with Crippen LogP contribution >= 0.6 is 11.6 Å². The Morgan fingerprint density at radius 1 is 1.21 bits per heavy atom. The first-order valence-electron chi connectivity index (χ1n) is 11.5. The lowest BCUT2D eigenvalue weighted by atomic mass is 9.99. The molecule has 0 saturated carbocycles. The van der Waals surface area contributed by atoms with Gasteiger partial charge < -0.3 is 21.8 Å². The highest BCUT2D eigenvalue weighted by Gasteiger charge is 2.34. The summed E-state index contributed by atoms with van der Waals surface area (Å²) < 4.78 is 1.78. The quantitative estimate of drug-likeness (QED) is 0.320. The molecule has 6 N–H and O–H groups in total. The number of hydrogen-bond acceptors (Lipinski definition) is 5. The second-order valence-electron chi connectivity index (χ2n) is 8.97. The standard InChI is InChI=1S/C25H29ClN8/c1-34-14-16(13-30-34)15-8-23(29-12-15)24(32-19-9-17-6-7-18(10-19)31-17)20(11-27)25(28)33-22-5-3-2-4-21(22)26/h2-5,8,11-14,17-19,29,31H,6-7,9-10,27H2,1H3,(H2,28,33)/b20-11+,32-24?. The van der Waals surface area contributed by atoms with Gasteiger partial charge in [0.15, 0.2) is 0 Å². The number of piperidine rings is 1. The molecular formula is C25H29ClN8. The number of amidine groups is 1. The fraction of sp³-hybridized carbons (Fsp3) is 0.320. The SMILES string of the molecule is Cn1cc(-c2c[nH]c(C(=NC3CC4CCC(C3)N4)/C(=C\N)C(N)=Nc3ccccc3Cl)c2)cn1. The van der Waals surface area contributed by atoms with Gasteiger partial charge in [-0.3, -0.25) is 9.67 Å². The van der Waals surface area contributed by atoms with E-state index in [2.05, 4.69) is 26.5 Å². The molecule has 2 aliphatic rings. The summed E-state index contributed by atoms with van der Waals surface area (Å²) in [6.07, 6.45) is 11.6. The van der Waals surface area contributed by atoms with Gasteiger partial charge in [0.25, 0.3) is 0 Å². The average molecular weight is 477 g/mol. The van der Waals surface area contributed by atoms with Gasteiger partial charge in [-0.05, 0) is 43.9 Å². The zero-order valence-electron chi connectivity index (χ0n) is 19.1. The highest BCUT2D eigenvalue weighted by molar-refractivity contribution is 6.34. The van der Waals surface area contributed by atoms with Gasteiger partial charge in [0.1, 0.15) is 5.84 Å². The maximum Gasteiger partial charge on any atom is 0.135 e. The topological polar surface area (TPSA) is 122 Å². The molecule has 2 aliphatic heterocycles. The second kappa shape index (κ2) is 9.48. The van der Waals surface area contributed by atoms with Crippen molar-refractivity contribution in [3.8, 4) is 11.1 Å². The third-order valence-electron chi connectivity index (χ3n) is 6.53. The van der Waals surface area contributed by atoms with E-state index in [1.54, 1.807) is 10.7 Å². The minimum atomic E-state index is 0.182. The highest BCUT2D eigenvalue weighted by atomic mass is 35.5. The third-order valence-corrected chi connectivity index (χ3v) is 6.85. The van der Waals surface area contributed by atoms with Crippen LogP contribution in [0.25, 0.3) is 11.1 Å². The van der Waals surface area contributed by atoms with Gasteiger partial charge in [-0.2, -0.15) is 5.10 Å². The van der Waals surface area contributed by atoms with Gasteiger partial charge in [-0.15, -0.1) is 0 Å². The number of aromatic nitrogens is 3. The Kier molecular flexibility index (Phi) is 6.26. The molecule has 176 valence electrons. The summed E-state index contributed by atoms with van der Waals surface area (Å²) in [6.45, 7) is 0. The second-order valence-corrected chi connectivity index (χ2v) is 9.38. The summed E-state index contributed by atoms with van der Waals surface area (Å²) in [6, 6.07) is 10.6. The van der Waals surface area contributed by atoms with Gasteiger partial charge >= 0.3 is 0 Å². The monoisotopic (exact) mass is 476 g/mol. The number of aromatic amines is 1. The lowest BCUT2D eigenvalue weighted by Gasteiger charge is -2.27. The van der Waals surface area contributed by atoms with E-state index < -0.39 is 0 Å². The van der Waals surface area contributed by atoms with E-state index in [4.69, 9.17) is 28.1 Å². The lowest BCUT2D eigenvalue weighted by molar-refractivity contribution is 0.365. The summed E-state index contributed by atoms with van der Waals surface area (Å²) in [5, 5.41) is 8.48. The van der Waals surface area contributed by atoms with Crippen LogP contribution in [-0.2, 0) is 7.05 Å². The first-order valence-corrected chi connectivity index (χ1v) is 11.9. The number of rotatable bonds is 6. The van der Waals surface area contributed by atoms with E-state index in [1.807, 2.05) is 43.8 Å². The summed E-state index contributed by atoms with van der Waals surface area (Å²) in [5.74, 6) is 0.267. The highest BCUT2D eigenvalue weighted by Crippen LogP contribution is 2.30. The van der Waals surface area contributed by atoms with Crippen LogP contribution in [0, 0.1) is 0 Å². The van der Waals surface area contributed by atoms with Crippen LogP contribution in [0.15, 0.2) is 70.7 Å². The van der Waals surface area contributed by atoms with E-state index in [0.717, 1.165) is 29.7 Å². The predicted molar refractivity (Wildman–Crippen MR) is 138 cm³/mol. The summed E-state index contributed by atoms with van der Waals surface area (Å²) in [5.41, 5.74) is 17.3. The van der Waals surface area contributed by atoms with Crippen molar-refractivity contribution in [1.82, 2.24) is 20.1 Å². The summed E-state index contributed by atoms with van der Waals surface area (Å²) >= 11 is 6.32. The number of nitrogens with one attached hydrogen (secondary N) is 2. The summed E-state index contributed by atoms with van der Waals surface area (Å²) in [7, 11) is 1.90. The molecule has 0 radical (unpaired) electrons. The zero-order valence-corrected chi connectivity index (χ0v) is 19.8. The number of fused-ring (bicyclic) bond motifs is 2. The molecule has 2 unspecified atom stereocenters. The Bertz CT molecular complexity index is 1260. The van der Waals surface area contributed by atoms with Crippen LogP contribution < -0.4 is 16.8 Å². The van der Waals surface area contributed by atoms with Gasteiger partial charge in [0.2, 0.25) is 0 Å². The van der Waals surface area contributed by atoms with Crippen molar-refractivity contribution in [2.75, 3.05) is 0 Å². The number of nitrogens with zero attached hydrogens (tertiary/aromatic N) is 4. The number of para-hydroxylation sites is 1. The Balaban J connectivity index is 1.54. The molecule has 0 spiro atoms. The Labute approximate surface area is 203 Å². The molecule has 5 rings (SSSR count). The first-order chi connectivity index (χ1) is 16.5. The van der Waals surface area contributed by atoms with E-state index >= 15 is 0 Å². The fourth-order valence-corrected chi connectivity index (χ4v) is 5.06. The molecule has 2 atom stereocenters. The van der Waals surface area contributed by atoms with Crippen molar-refractivity contribution < 1.29 is 0 Å². The Morgan fingerprint density at radius 3 is 2.65 bits per heavy atom. The van der Waals surface area contributed by atoms with Crippen molar-refractivity contribution in [2.24, 2.45) is 28.5 Å². The van der Waals surface area contributed by atoms with E-state index in [1.165, 1.54) is 19.0 Å². The number of hydrogen-bond donors (Lipinski definition) is 4. The molecule has 1 aromatic carbocycles. The van der Waals surface area contributed by atoms with Crippen LogP contribution in [0.5, 0.6) is 0 Å². The molecule has 8 nitrogen and oxygen atoms in total. The largest absolute Gasteiger partial charge is 0.404 e. The van der Waals surface area contributed by atoms with Crippen molar-refractivity contribution in [3.05, 3.63) is 71.4 Å². The third kappa shape index (κ3) is 4.64. The molecule has 34 heavy (non-hydrogen) atoms. The van der Waals surface area contributed by atoms with Crippen molar-refractivity contribution in [2.45, 2.75) is 43.8 Å². The van der Waals surface area contributed by atoms with Crippen LogP contribution in [-0.4, -0.2) is 44.4 Å². The molecular weight excluding hydrogens is 448 g/mol. The smallest absolute Gasteiger partial charge is 0.135 e. The zero-order chi connectivity index (χ0) is 23.7. The minimum absolute atomic E-state index is 0.182. The van der Waals surface area contributed by atoms with Crippen molar-refractivity contribution >= 4 is 28.8 Å². The average Bonchev–Trinajstić information content (AvgIpc) is 3.55. The van der Waals surface area contributed by atoms with Gasteiger partial charge in [-0.25, -0.2) is 4.99 Å². The normalized spacial score (nSPS) is 23.5. The number of nitrogens with two attached hydrogens (primary N) is 2. The van der Waals surface area contributed by atoms with Gasteiger partial charge in [0.05, 0.1) is 39.9 Å². The molecule has 2 bridgehead atoms. The molecule has 2 fully saturated rings. The van der Waals surface area contributed by atoms with Crippen molar-refractivity contribution in [3.63, 3.8) is 0 Å². The predicted octanol–water partition coefficient (Wildman–Crippen LogP) is 3.67. The number of H-pyrrole nitrogens is 1. The lowest BCUT2D eigenvalue weighted by Crippen LogP contribution is -2.40. The number of halogens is 1. The van der Waals surface area contributed by atoms with Crippen LogP contribution in [0.3, 0.4) is 0 Å². The van der Waals surface area contributed by atoms with Gasteiger partial charge in [-0.1, -0.05) is 23.7 Å². The Morgan fingerprint density at radius 2 is 1.97 bits per heavy atom. The molecule has 3 aromatic rings. The maximum absolute atomic E-state index is 6.48. The number of benzene rings is 1. The fourth-order valence-electron chi connectivity index (χ4n) is 4.89. The number of aliphatic imine (C=N–C) groups is 2. The van der Waals surface area contributed by atoms with E-state index in [9.17, 15) is 0 Å². The van der Waals surface area contributed by atoms with Crippen LogP contribution in [0.4, 0.5) is 5.69 Å². The summed E-state index contributed by atoms with van der Waals surface area (Å²) in [4.78, 5) is 13.1. The molecule has 0 amide bonds. The Hall–Kier alpha value is -3.36. The van der Waals surface area contributed by atoms with Crippen molar-refractivity contribution in [1.29, 1.82) is 0 Å². The number of aryl methyl sites for hydroxylation is 1. The maximum atomic E-state index is 6.48. The molecule has 2 saturated heterocycles. The van der Waals surface area contributed by atoms with E-state index in [0.29, 0.717) is 34.1 Å². The van der Waals surface area contributed by atoms with Crippen LogP contribution in [0.2, 0.25) is 5.02 Å². The molecule has 4 heterocycles. The molecule has 9 heteroatoms. The first kappa shape index (κ1) is 22.4.